The number of anilines is 1. The molecular formula is C12H15ClN4. The molecule has 1 N–H and O–H groups in total. The zero-order valence-electron chi connectivity index (χ0n) is 9.68. The Morgan fingerprint density at radius 1 is 1.47 bits per heavy atom. The van der Waals surface area contributed by atoms with E-state index in [1.54, 1.807) is 18.6 Å². The lowest BCUT2D eigenvalue weighted by molar-refractivity contribution is 0.468. The molecule has 0 spiro atoms. The lowest BCUT2D eigenvalue weighted by atomic mass is 10.2. The van der Waals surface area contributed by atoms with Gasteiger partial charge in [-0.3, -0.25) is 9.67 Å². The molecule has 0 radical (unpaired) electrons. The van der Waals surface area contributed by atoms with Crippen molar-refractivity contribution in [2.24, 2.45) is 5.92 Å². The van der Waals surface area contributed by atoms with E-state index in [-0.39, 0.29) is 0 Å². The van der Waals surface area contributed by atoms with Crippen molar-refractivity contribution >= 4 is 17.3 Å². The molecule has 2 heterocycles. The summed E-state index contributed by atoms with van der Waals surface area (Å²) in [4.78, 5) is 3.95. The second kappa shape index (κ2) is 5.68. The zero-order chi connectivity index (χ0) is 12.1. The third-order valence-electron chi connectivity index (χ3n) is 2.47. The van der Waals surface area contributed by atoms with Crippen LogP contribution in [0, 0.1) is 5.92 Å². The Labute approximate surface area is 106 Å². The summed E-state index contributed by atoms with van der Waals surface area (Å²) >= 11 is 6.01. The number of aromatic nitrogens is 3. The summed E-state index contributed by atoms with van der Waals surface area (Å²) in [6.45, 7) is 3.91. The molecule has 0 aliphatic heterocycles. The van der Waals surface area contributed by atoms with Gasteiger partial charge in [0.1, 0.15) is 0 Å². The summed E-state index contributed by atoms with van der Waals surface area (Å²) < 4.78 is 1.93. The maximum Gasteiger partial charge on any atom is 0.0820 e. The number of pyridine rings is 1. The van der Waals surface area contributed by atoms with Gasteiger partial charge in [0.15, 0.2) is 0 Å². The Balaban J connectivity index is 1.84. The smallest absolute Gasteiger partial charge is 0.0820 e. The Morgan fingerprint density at radius 3 is 3.06 bits per heavy atom. The third-order valence-corrected chi connectivity index (χ3v) is 2.77. The van der Waals surface area contributed by atoms with Crippen LogP contribution in [0.3, 0.4) is 0 Å². The normalized spacial score (nSPS) is 12.4. The van der Waals surface area contributed by atoms with E-state index < -0.39 is 0 Å². The fraction of sp³-hybridized carbons (Fsp3) is 0.333. The van der Waals surface area contributed by atoms with Crippen LogP contribution in [0.2, 0.25) is 5.02 Å². The SMILES string of the molecule is C[C@@H](CNc1ccncc1Cl)Cn1cccn1. The van der Waals surface area contributed by atoms with E-state index in [0.717, 1.165) is 18.8 Å². The van der Waals surface area contributed by atoms with Crippen LogP contribution in [0.4, 0.5) is 5.69 Å². The van der Waals surface area contributed by atoms with Crippen LogP contribution in [0.25, 0.3) is 0 Å². The minimum absolute atomic E-state index is 0.471. The van der Waals surface area contributed by atoms with Crippen LogP contribution >= 0.6 is 11.6 Å². The molecule has 17 heavy (non-hydrogen) atoms. The Hall–Kier alpha value is -1.55. The quantitative estimate of drug-likeness (QED) is 0.887. The highest BCUT2D eigenvalue weighted by Gasteiger charge is 2.05. The van der Waals surface area contributed by atoms with Crippen molar-refractivity contribution in [3.63, 3.8) is 0 Å². The van der Waals surface area contributed by atoms with Crippen molar-refractivity contribution in [2.75, 3.05) is 11.9 Å². The van der Waals surface area contributed by atoms with Crippen LogP contribution in [0.15, 0.2) is 36.9 Å². The fourth-order valence-corrected chi connectivity index (χ4v) is 1.78. The van der Waals surface area contributed by atoms with Gasteiger partial charge in [0.05, 0.1) is 10.7 Å². The average Bonchev–Trinajstić information content (AvgIpc) is 2.81. The summed E-state index contributed by atoms with van der Waals surface area (Å²) in [7, 11) is 0. The van der Waals surface area contributed by atoms with Crippen molar-refractivity contribution in [3.05, 3.63) is 41.9 Å². The largest absolute Gasteiger partial charge is 0.383 e. The van der Waals surface area contributed by atoms with Crippen LogP contribution in [0.1, 0.15) is 6.92 Å². The van der Waals surface area contributed by atoms with E-state index in [1.165, 1.54) is 0 Å². The van der Waals surface area contributed by atoms with Crippen LogP contribution in [0.5, 0.6) is 0 Å². The summed E-state index contributed by atoms with van der Waals surface area (Å²) in [6, 6.07) is 3.81. The Morgan fingerprint density at radius 2 is 2.35 bits per heavy atom. The molecule has 5 heteroatoms. The maximum atomic E-state index is 6.01. The molecular weight excluding hydrogens is 236 g/mol. The first-order chi connectivity index (χ1) is 8.25. The summed E-state index contributed by atoms with van der Waals surface area (Å²) in [6.07, 6.45) is 7.13. The first-order valence-electron chi connectivity index (χ1n) is 5.56. The van der Waals surface area contributed by atoms with Crippen LogP contribution < -0.4 is 5.32 Å². The van der Waals surface area contributed by atoms with Crippen LogP contribution in [-0.2, 0) is 6.54 Å². The van der Waals surface area contributed by atoms with E-state index in [9.17, 15) is 0 Å². The van der Waals surface area contributed by atoms with E-state index in [4.69, 9.17) is 11.6 Å². The lowest BCUT2D eigenvalue weighted by Crippen LogP contribution is -2.17. The molecule has 4 nitrogen and oxygen atoms in total. The number of nitrogens with one attached hydrogen (secondary N) is 1. The fourth-order valence-electron chi connectivity index (χ4n) is 1.60. The molecule has 0 aliphatic rings. The predicted molar refractivity (Wildman–Crippen MR) is 69.1 cm³/mol. The minimum atomic E-state index is 0.471. The van der Waals surface area contributed by atoms with Gasteiger partial charge in [0, 0.05) is 37.9 Å². The van der Waals surface area contributed by atoms with E-state index in [0.29, 0.717) is 10.9 Å². The molecule has 0 saturated carbocycles. The highest BCUT2D eigenvalue weighted by molar-refractivity contribution is 6.33. The van der Waals surface area contributed by atoms with E-state index in [1.807, 2.05) is 23.0 Å². The van der Waals surface area contributed by atoms with Gasteiger partial charge in [-0.15, -0.1) is 0 Å². The molecule has 2 aromatic heterocycles. The van der Waals surface area contributed by atoms with E-state index in [2.05, 4.69) is 22.3 Å². The minimum Gasteiger partial charge on any atom is -0.383 e. The molecule has 0 aromatic carbocycles. The Bertz CT molecular complexity index is 455. The summed E-state index contributed by atoms with van der Waals surface area (Å²) in [5, 5.41) is 8.15. The van der Waals surface area contributed by atoms with Crippen molar-refractivity contribution in [3.8, 4) is 0 Å². The molecule has 2 rings (SSSR count). The van der Waals surface area contributed by atoms with Gasteiger partial charge in [0.25, 0.3) is 0 Å². The van der Waals surface area contributed by atoms with E-state index >= 15 is 0 Å². The molecule has 1 atom stereocenters. The summed E-state index contributed by atoms with van der Waals surface area (Å²) in [5.41, 5.74) is 0.925. The summed E-state index contributed by atoms with van der Waals surface area (Å²) in [5.74, 6) is 0.471. The third kappa shape index (κ3) is 3.46. The highest BCUT2D eigenvalue weighted by Crippen LogP contribution is 2.19. The second-order valence-corrected chi connectivity index (χ2v) is 4.48. The number of hydrogen-bond acceptors (Lipinski definition) is 3. The molecule has 0 aliphatic carbocycles. The van der Waals surface area contributed by atoms with Gasteiger partial charge >= 0.3 is 0 Å². The molecule has 0 unspecified atom stereocenters. The highest BCUT2D eigenvalue weighted by atomic mass is 35.5. The number of hydrogen-bond donors (Lipinski definition) is 1. The van der Waals surface area contributed by atoms with Gasteiger partial charge in [-0.05, 0) is 18.1 Å². The second-order valence-electron chi connectivity index (χ2n) is 4.07. The van der Waals surface area contributed by atoms with Crippen LogP contribution in [-0.4, -0.2) is 21.3 Å². The first kappa shape index (κ1) is 11.9. The molecule has 0 bridgehead atoms. The van der Waals surface area contributed by atoms with Crippen molar-refractivity contribution in [1.29, 1.82) is 0 Å². The molecule has 0 amide bonds. The monoisotopic (exact) mass is 250 g/mol. The van der Waals surface area contributed by atoms with Crippen molar-refractivity contribution in [2.45, 2.75) is 13.5 Å². The number of halogens is 1. The van der Waals surface area contributed by atoms with Crippen molar-refractivity contribution in [1.82, 2.24) is 14.8 Å². The molecule has 0 fully saturated rings. The van der Waals surface area contributed by atoms with Gasteiger partial charge in [0.2, 0.25) is 0 Å². The van der Waals surface area contributed by atoms with Gasteiger partial charge < -0.3 is 5.32 Å². The molecule has 90 valence electrons. The van der Waals surface area contributed by atoms with Gasteiger partial charge in [-0.1, -0.05) is 18.5 Å². The molecule has 0 saturated heterocycles. The van der Waals surface area contributed by atoms with Crippen molar-refractivity contribution < 1.29 is 0 Å². The topological polar surface area (TPSA) is 42.7 Å². The standard InChI is InChI=1S/C12H15ClN4/c1-10(9-17-6-2-4-16-17)7-15-12-3-5-14-8-11(12)13/h2-6,8,10H,7,9H2,1H3,(H,14,15)/t10-/m0/s1. The van der Waals surface area contributed by atoms with Gasteiger partial charge in [-0.2, -0.15) is 5.10 Å². The first-order valence-corrected chi connectivity index (χ1v) is 5.94. The number of rotatable bonds is 5. The Kier molecular flexibility index (Phi) is 3.98. The lowest BCUT2D eigenvalue weighted by Gasteiger charge is -2.14. The van der Waals surface area contributed by atoms with Gasteiger partial charge in [-0.25, -0.2) is 0 Å². The zero-order valence-corrected chi connectivity index (χ0v) is 10.4. The molecule has 2 aromatic rings. The average molecular weight is 251 g/mol. The maximum absolute atomic E-state index is 6.01. The predicted octanol–water partition coefficient (Wildman–Crippen LogP) is 2.68. The number of nitrogens with zero attached hydrogens (tertiary/aromatic N) is 3.